The largest absolute Gasteiger partial charge is 0.490 e. The lowest BCUT2D eigenvalue weighted by atomic mass is 10.3. The van der Waals surface area contributed by atoms with E-state index in [1.54, 1.807) is 0 Å². The fraction of sp³-hybridized carbons (Fsp3) is 0.444. The number of pyridine rings is 1. The van der Waals surface area contributed by atoms with Crippen LogP contribution >= 0.6 is 0 Å². The number of hydrogen-bond donors (Lipinski definition) is 1. The first kappa shape index (κ1) is 8.84. The van der Waals surface area contributed by atoms with Gasteiger partial charge in [-0.1, -0.05) is 6.92 Å². The van der Waals surface area contributed by atoms with E-state index in [0.29, 0.717) is 18.2 Å². The average molecular weight is 166 g/mol. The molecular formula is C9H14N2O. The van der Waals surface area contributed by atoms with Gasteiger partial charge in [0.2, 0.25) is 0 Å². The SMILES string of the molecule is CCCOc1ccc(C)nc1N. The minimum absolute atomic E-state index is 0.475. The second-order valence-corrected chi connectivity index (χ2v) is 2.68. The summed E-state index contributed by atoms with van der Waals surface area (Å²) in [7, 11) is 0. The molecule has 0 bridgehead atoms. The zero-order valence-electron chi connectivity index (χ0n) is 7.50. The van der Waals surface area contributed by atoms with Crippen LogP contribution in [0.4, 0.5) is 5.82 Å². The van der Waals surface area contributed by atoms with E-state index in [1.807, 2.05) is 19.1 Å². The van der Waals surface area contributed by atoms with E-state index in [1.165, 1.54) is 0 Å². The van der Waals surface area contributed by atoms with Gasteiger partial charge < -0.3 is 10.5 Å². The van der Waals surface area contributed by atoms with Crippen LogP contribution in [0.3, 0.4) is 0 Å². The molecule has 3 nitrogen and oxygen atoms in total. The van der Waals surface area contributed by atoms with Crippen molar-refractivity contribution in [3.63, 3.8) is 0 Å². The first-order chi connectivity index (χ1) is 5.74. The molecule has 0 fully saturated rings. The van der Waals surface area contributed by atoms with E-state index >= 15 is 0 Å². The van der Waals surface area contributed by atoms with Crippen molar-refractivity contribution in [2.24, 2.45) is 0 Å². The molecule has 0 spiro atoms. The van der Waals surface area contributed by atoms with Crippen molar-refractivity contribution in [1.29, 1.82) is 0 Å². The summed E-state index contributed by atoms with van der Waals surface area (Å²) in [6, 6.07) is 3.74. The highest BCUT2D eigenvalue weighted by atomic mass is 16.5. The number of aryl methyl sites for hydroxylation is 1. The molecule has 12 heavy (non-hydrogen) atoms. The zero-order chi connectivity index (χ0) is 8.97. The van der Waals surface area contributed by atoms with Gasteiger partial charge in [-0.05, 0) is 25.5 Å². The number of nitrogens with zero attached hydrogens (tertiary/aromatic N) is 1. The molecule has 0 unspecified atom stereocenters. The Bertz CT molecular complexity index is 261. The molecule has 0 aliphatic heterocycles. The molecule has 0 radical (unpaired) electrons. The van der Waals surface area contributed by atoms with Crippen molar-refractivity contribution in [2.45, 2.75) is 20.3 Å². The highest BCUT2D eigenvalue weighted by Crippen LogP contribution is 2.18. The maximum absolute atomic E-state index is 5.63. The smallest absolute Gasteiger partial charge is 0.166 e. The highest BCUT2D eigenvalue weighted by Gasteiger charge is 1.99. The van der Waals surface area contributed by atoms with E-state index in [9.17, 15) is 0 Å². The van der Waals surface area contributed by atoms with Crippen LogP contribution in [0.2, 0.25) is 0 Å². The summed E-state index contributed by atoms with van der Waals surface area (Å²) in [5.74, 6) is 1.16. The van der Waals surface area contributed by atoms with Crippen molar-refractivity contribution < 1.29 is 4.74 Å². The van der Waals surface area contributed by atoms with Crippen molar-refractivity contribution >= 4 is 5.82 Å². The lowest BCUT2D eigenvalue weighted by molar-refractivity contribution is 0.318. The Morgan fingerprint density at radius 1 is 1.50 bits per heavy atom. The van der Waals surface area contributed by atoms with Crippen LogP contribution in [0.1, 0.15) is 19.0 Å². The van der Waals surface area contributed by atoms with Crippen molar-refractivity contribution in [3.05, 3.63) is 17.8 Å². The molecule has 0 amide bonds. The summed E-state index contributed by atoms with van der Waals surface area (Å²) in [4.78, 5) is 4.08. The Morgan fingerprint density at radius 3 is 2.83 bits per heavy atom. The number of ether oxygens (including phenoxy) is 1. The third-order valence-electron chi connectivity index (χ3n) is 1.49. The predicted molar refractivity (Wildman–Crippen MR) is 49.2 cm³/mol. The Balaban J connectivity index is 2.72. The van der Waals surface area contributed by atoms with Crippen LogP contribution in [0.25, 0.3) is 0 Å². The molecule has 1 heterocycles. The van der Waals surface area contributed by atoms with E-state index in [-0.39, 0.29) is 0 Å². The van der Waals surface area contributed by atoms with E-state index < -0.39 is 0 Å². The van der Waals surface area contributed by atoms with Crippen molar-refractivity contribution in [3.8, 4) is 5.75 Å². The van der Waals surface area contributed by atoms with Crippen LogP contribution in [-0.2, 0) is 0 Å². The monoisotopic (exact) mass is 166 g/mol. The fourth-order valence-electron chi connectivity index (χ4n) is 0.898. The third kappa shape index (κ3) is 2.12. The lowest BCUT2D eigenvalue weighted by Gasteiger charge is -2.06. The van der Waals surface area contributed by atoms with Crippen molar-refractivity contribution in [1.82, 2.24) is 4.98 Å². The minimum atomic E-state index is 0.475. The second-order valence-electron chi connectivity index (χ2n) is 2.68. The van der Waals surface area contributed by atoms with Gasteiger partial charge in [0, 0.05) is 5.69 Å². The van der Waals surface area contributed by atoms with Gasteiger partial charge in [-0.15, -0.1) is 0 Å². The molecule has 0 saturated carbocycles. The first-order valence-corrected chi connectivity index (χ1v) is 4.10. The van der Waals surface area contributed by atoms with Gasteiger partial charge >= 0.3 is 0 Å². The molecule has 1 aromatic rings. The summed E-state index contributed by atoms with van der Waals surface area (Å²) in [5, 5.41) is 0. The maximum atomic E-state index is 5.63. The van der Waals surface area contributed by atoms with E-state index in [4.69, 9.17) is 10.5 Å². The van der Waals surface area contributed by atoms with E-state index in [0.717, 1.165) is 12.1 Å². The van der Waals surface area contributed by atoms with Crippen LogP contribution in [0.5, 0.6) is 5.75 Å². The van der Waals surface area contributed by atoms with Gasteiger partial charge in [-0.3, -0.25) is 0 Å². The molecular weight excluding hydrogens is 152 g/mol. The van der Waals surface area contributed by atoms with E-state index in [2.05, 4.69) is 11.9 Å². The molecule has 2 N–H and O–H groups in total. The predicted octanol–water partition coefficient (Wildman–Crippen LogP) is 1.76. The Morgan fingerprint density at radius 2 is 2.25 bits per heavy atom. The molecule has 1 aromatic heterocycles. The standard InChI is InChI=1S/C9H14N2O/c1-3-6-12-8-5-4-7(2)11-9(8)10/h4-5H,3,6H2,1-2H3,(H2,10,11). The maximum Gasteiger partial charge on any atom is 0.166 e. The van der Waals surface area contributed by atoms with Crippen LogP contribution in [-0.4, -0.2) is 11.6 Å². The molecule has 0 aliphatic carbocycles. The summed E-state index contributed by atoms with van der Waals surface area (Å²) >= 11 is 0. The molecule has 1 rings (SSSR count). The molecule has 0 saturated heterocycles. The highest BCUT2D eigenvalue weighted by molar-refractivity contribution is 5.46. The number of hydrogen-bond acceptors (Lipinski definition) is 3. The second kappa shape index (κ2) is 3.95. The molecule has 0 atom stereocenters. The van der Waals surface area contributed by atoms with Gasteiger partial charge in [-0.2, -0.15) is 0 Å². The Labute approximate surface area is 72.6 Å². The summed E-state index contributed by atoms with van der Waals surface area (Å²) < 4.78 is 5.35. The first-order valence-electron chi connectivity index (χ1n) is 4.10. The van der Waals surface area contributed by atoms with Crippen LogP contribution in [0.15, 0.2) is 12.1 Å². The summed E-state index contributed by atoms with van der Waals surface area (Å²) in [5.41, 5.74) is 6.54. The number of nitrogen functional groups attached to an aromatic ring is 1. The third-order valence-corrected chi connectivity index (χ3v) is 1.49. The summed E-state index contributed by atoms with van der Waals surface area (Å²) in [6.45, 7) is 4.65. The minimum Gasteiger partial charge on any atom is -0.490 e. The lowest BCUT2D eigenvalue weighted by Crippen LogP contribution is -2.01. The Hall–Kier alpha value is -1.25. The van der Waals surface area contributed by atoms with Gasteiger partial charge in [0.15, 0.2) is 11.6 Å². The number of anilines is 1. The molecule has 3 heteroatoms. The average Bonchev–Trinajstić information content (AvgIpc) is 2.03. The van der Waals surface area contributed by atoms with Crippen LogP contribution < -0.4 is 10.5 Å². The molecule has 0 aromatic carbocycles. The van der Waals surface area contributed by atoms with Gasteiger partial charge in [0.05, 0.1) is 6.61 Å². The topological polar surface area (TPSA) is 48.1 Å². The summed E-state index contributed by atoms with van der Waals surface area (Å²) in [6.07, 6.45) is 0.979. The van der Waals surface area contributed by atoms with Gasteiger partial charge in [0.25, 0.3) is 0 Å². The van der Waals surface area contributed by atoms with Crippen molar-refractivity contribution in [2.75, 3.05) is 12.3 Å². The number of rotatable bonds is 3. The fourth-order valence-corrected chi connectivity index (χ4v) is 0.898. The normalized spacial score (nSPS) is 9.83. The van der Waals surface area contributed by atoms with Gasteiger partial charge in [-0.25, -0.2) is 4.98 Å². The quantitative estimate of drug-likeness (QED) is 0.744. The number of aromatic nitrogens is 1. The Kier molecular flexibility index (Phi) is 2.91. The molecule has 66 valence electrons. The number of nitrogens with two attached hydrogens (primary N) is 1. The van der Waals surface area contributed by atoms with Gasteiger partial charge in [0.1, 0.15) is 0 Å². The zero-order valence-corrected chi connectivity index (χ0v) is 7.50. The van der Waals surface area contributed by atoms with Crippen LogP contribution in [0, 0.1) is 6.92 Å². The molecule has 0 aliphatic rings.